The fourth-order valence-corrected chi connectivity index (χ4v) is 2.40. The van der Waals surface area contributed by atoms with Crippen molar-refractivity contribution < 1.29 is 23.5 Å². The highest BCUT2D eigenvalue weighted by Gasteiger charge is 2.16. The van der Waals surface area contributed by atoms with Crippen LogP contribution in [0.4, 0.5) is 0 Å². The molecule has 1 N–H and O–H groups in total. The Labute approximate surface area is 162 Å². The van der Waals surface area contributed by atoms with Gasteiger partial charge in [0.05, 0.1) is 20.8 Å². The van der Waals surface area contributed by atoms with Crippen LogP contribution in [0.5, 0.6) is 17.2 Å². The average Bonchev–Trinajstić information content (AvgIpc) is 3.21. The van der Waals surface area contributed by atoms with Crippen molar-refractivity contribution in [1.29, 1.82) is 0 Å². The van der Waals surface area contributed by atoms with Crippen molar-refractivity contribution in [2.45, 2.75) is 19.6 Å². The summed E-state index contributed by atoms with van der Waals surface area (Å²) in [5.41, 5.74) is 0.790. The Morgan fingerprint density at radius 2 is 1.57 bits per heavy atom. The zero-order chi connectivity index (χ0) is 19.9. The molecule has 8 heteroatoms. The van der Waals surface area contributed by atoms with E-state index >= 15 is 0 Å². The van der Waals surface area contributed by atoms with Crippen LogP contribution in [0.3, 0.4) is 0 Å². The maximum absolute atomic E-state index is 12.2. The Morgan fingerprint density at radius 3 is 2.18 bits per heavy atom. The van der Waals surface area contributed by atoms with E-state index in [1.807, 2.05) is 24.3 Å². The lowest BCUT2D eigenvalue weighted by atomic mass is 10.2. The van der Waals surface area contributed by atoms with Crippen LogP contribution in [0.15, 0.2) is 53.1 Å². The number of methoxy groups -OCH3 is 2. The second-order valence-electron chi connectivity index (χ2n) is 5.89. The first-order chi connectivity index (χ1) is 13.6. The largest absolute Gasteiger partial charge is 0.497 e. The third-order valence-electron chi connectivity index (χ3n) is 3.97. The minimum Gasteiger partial charge on any atom is -0.497 e. The lowest BCUT2D eigenvalue weighted by Gasteiger charge is -2.14. The highest BCUT2D eigenvalue weighted by Crippen LogP contribution is 2.20. The zero-order valence-corrected chi connectivity index (χ0v) is 15.8. The molecular weight excluding hydrogens is 362 g/mol. The third-order valence-corrected chi connectivity index (χ3v) is 3.97. The van der Waals surface area contributed by atoms with Crippen LogP contribution in [-0.2, 0) is 11.3 Å². The Balaban J connectivity index is 1.52. The predicted octanol–water partition coefficient (Wildman–Crippen LogP) is 2.84. The van der Waals surface area contributed by atoms with Gasteiger partial charge in [0.25, 0.3) is 5.91 Å². The Bertz CT molecular complexity index is 906. The van der Waals surface area contributed by atoms with Gasteiger partial charge >= 0.3 is 0 Å². The molecule has 0 aliphatic heterocycles. The molecule has 0 fully saturated rings. The van der Waals surface area contributed by atoms with E-state index < -0.39 is 6.10 Å². The second-order valence-corrected chi connectivity index (χ2v) is 5.89. The zero-order valence-electron chi connectivity index (χ0n) is 15.8. The molecular formula is C20H21N3O5. The van der Waals surface area contributed by atoms with Gasteiger partial charge in [0, 0.05) is 5.56 Å². The number of hydrogen-bond donors (Lipinski definition) is 1. The molecule has 1 heterocycles. The van der Waals surface area contributed by atoms with E-state index in [2.05, 4.69) is 15.5 Å². The van der Waals surface area contributed by atoms with E-state index in [9.17, 15) is 4.79 Å². The van der Waals surface area contributed by atoms with Crippen molar-refractivity contribution in [3.63, 3.8) is 0 Å². The Kier molecular flexibility index (Phi) is 6.11. The highest BCUT2D eigenvalue weighted by atomic mass is 16.5. The first-order valence-electron chi connectivity index (χ1n) is 8.64. The number of nitrogens with zero attached hydrogens (tertiary/aromatic N) is 2. The predicted molar refractivity (Wildman–Crippen MR) is 101 cm³/mol. The van der Waals surface area contributed by atoms with Crippen LogP contribution in [0.2, 0.25) is 0 Å². The second kappa shape index (κ2) is 8.90. The number of nitrogens with one attached hydrogen (secondary N) is 1. The summed E-state index contributed by atoms with van der Waals surface area (Å²) in [4.78, 5) is 16.5. The summed E-state index contributed by atoms with van der Waals surface area (Å²) < 4.78 is 21.0. The smallest absolute Gasteiger partial charge is 0.261 e. The molecule has 0 saturated heterocycles. The van der Waals surface area contributed by atoms with Crippen LogP contribution in [0.1, 0.15) is 12.8 Å². The molecule has 1 amide bonds. The van der Waals surface area contributed by atoms with Crippen LogP contribution < -0.4 is 19.5 Å². The minimum atomic E-state index is -0.683. The molecule has 8 nitrogen and oxygen atoms in total. The molecule has 0 unspecified atom stereocenters. The molecule has 3 aromatic rings. The third kappa shape index (κ3) is 4.79. The maximum Gasteiger partial charge on any atom is 0.261 e. The van der Waals surface area contributed by atoms with Crippen LogP contribution >= 0.6 is 0 Å². The topological polar surface area (TPSA) is 95.7 Å². The number of aromatic nitrogens is 2. The van der Waals surface area contributed by atoms with E-state index in [0.29, 0.717) is 23.2 Å². The number of ether oxygens (including phenoxy) is 3. The van der Waals surface area contributed by atoms with Gasteiger partial charge in [-0.3, -0.25) is 4.79 Å². The lowest BCUT2D eigenvalue weighted by molar-refractivity contribution is -0.127. The Morgan fingerprint density at radius 1 is 1.00 bits per heavy atom. The number of hydrogen-bond acceptors (Lipinski definition) is 7. The van der Waals surface area contributed by atoms with Gasteiger partial charge in [-0.05, 0) is 55.5 Å². The number of benzene rings is 2. The molecule has 0 aliphatic carbocycles. The molecule has 0 saturated carbocycles. The van der Waals surface area contributed by atoms with E-state index in [1.54, 1.807) is 45.4 Å². The van der Waals surface area contributed by atoms with Gasteiger partial charge in [-0.2, -0.15) is 4.98 Å². The summed E-state index contributed by atoms with van der Waals surface area (Å²) in [5.74, 6) is 2.48. The normalized spacial score (nSPS) is 11.5. The van der Waals surface area contributed by atoms with E-state index in [-0.39, 0.29) is 12.5 Å². The first kappa shape index (κ1) is 19.2. The molecule has 0 bridgehead atoms. The molecule has 28 heavy (non-hydrogen) atoms. The lowest BCUT2D eigenvalue weighted by Crippen LogP contribution is -2.35. The van der Waals surface area contributed by atoms with Crippen LogP contribution in [-0.4, -0.2) is 36.4 Å². The van der Waals surface area contributed by atoms with E-state index in [1.165, 1.54) is 0 Å². The van der Waals surface area contributed by atoms with Gasteiger partial charge in [-0.1, -0.05) is 5.16 Å². The summed E-state index contributed by atoms with van der Waals surface area (Å²) in [7, 11) is 3.19. The van der Waals surface area contributed by atoms with Crippen molar-refractivity contribution in [2.24, 2.45) is 0 Å². The van der Waals surface area contributed by atoms with E-state index in [4.69, 9.17) is 18.7 Å². The van der Waals surface area contributed by atoms with Crippen molar-refractivity contribution in [1.82, 2.24) is 15.5 Å². The summed E-state index contributed by atoms with van der Waals surface area (Å²) in [6.07, 6.45) is -0.683. The summed E-state index contributed by atoms with van der Waals surface area (Å²) in [5, 5.41) is 6.65. The molecule has 2 aromatic carbocycles. The van der Waals surface area contributed by atoms with E-state index in [0.717, 1.165) is 11.3 Å². The first-order valence-corrected chi connectivity index (χ1v) is 8.64. The molecule has 1 aromatic heterocycles. The van der Waals surface area contributed by atoms with Gasteiger partial charge in [0.15, 0.2) is 6.10 Å². The molecule has 146 valence electrons. The molecule has 0 radical (unpaired) electrons. The number of carbonyl (C=O) groups excluding carboxylic acids is 1. The van der Waals surface area contributed by atoms with Gasteiger partial charge in [0.2, 0.25) is 11.7 Å². The quantitative estimate of drug-likeness (QED) is 0.639. The van der Waals surface area contributed by atoms with Gasteiger partial charge in [0.1, 0.15) is 17.2 Å². The van der Waals surface area contributed by atoms with Crippen molar-refractivity contribution in [3.8, 4) is 28.6 Å². The molecule has 0 spiro atoms. The number of rotatable bonds is 8. The summed E-state index contributed by atoms with van der Waals surface area (Å²) in [6.45, 7) is 1.77. The maximum atomic E-state index is 12.2. The van der Waals surface area contributed by atoms with Crippen LogP contribution in [0, 0.1) is 0 Å². The van der Waals surface area contributed by atoms with Crippen molar-refractivity contribution in [2.75, 3.05) is 14.2 Å². The molecule has 0 aliphatic rings. The number of amides is 1. The molecule has 1 atom stereocenters. The summed E-state index contributed by atoms with van der Waals surface area (Å²) >= 11 is 0. The summed E-state index contributed by atoms with van der Waals surface area (Å²) in [6, 6.07) is 14.3. The van der Waals surface area contributed by atoms with Crippen molar-refractivity contribution in [3.05, 3.63) is 54.4 Å². The van der Waals surface area contributed by atoms with Gasteiger partial charge in [-0.25, -0.2) is 0 Å². The monoisotopic (exact) mass is 383 g/mol. The van der Waals surface area contributed by atoms with Crippen LogP contribution in [0.25, 0.3) is 11.4 Å². The fourth-order valence-electron chi connectivity index (χ4n) is 2.40. The van der Waals surface area contributed by atoms with Gasteiger partial charge in [-0.15, -0.1) is 0 Å². The average molecular weight is 383 g/mol. The fraction of sp³-hybridized carbons (Fsp3) is 0.250. The van der Waals surface area contributed by atoms with Gasteiger partial charge < -0.3 is 24.1 Å². The highest BCUT2D eigenvalue weighted by molar-refractivity contribution is 5.80. The number of carbonyl (C=O) groups is 1. The van der Waals surface area contributed by atoms with Crippen molar-refractivity contribution >= 4 is 5.91 Å². The minimum absolute atomic E-state index is 0.109. The Hall–Kier alpha value is -3.55. The SMILES string of the molecule is COc1ccc(O[C@H](C)C(=O)NCc2nc(-c3ccc(OC)cc3)no2)cc1. The molecule has 3 rings (SSSR count). The standard InChI is InChI=1S/C20H21N3O5/c1-13(27-17-10-8-16(26-3)9-11-17)20(24)21-12-18-22-19(23-28-18)14-4-6-15(25-2)7-5-14/h4-11,13H,12H2,1-3H3,(H,21,24)/t13-/m1/s1.